The molecule has 1 aromatic rings. The Kier molecular flexibility index (Phi) is 3.44. The van der Waals surface area contributed by atoms with Crippen molar-refractivity contribution in [2.45, 2.75) is 5.33 Å². The molecule has 70 valence electrons. The fourth-order valence-electron chi connectivity index (χ4n) is 0.972. The lowest BCUT2D eigenvalue weighted by Crippen LogP contribution is -2.04. The molecule has 0 aliphatic carbocycles. The van der Waals surface area contributed by atoms with Crippen LogP contribution in [0.3, 0.4) is 0 Å². The highest BCUT2D eigenvalue weighted by Crippen LogP contribution is 2.22. The van der Waals surface area contributed by atoms with Crippen LogP contribution in [0.1, 0.15) is 15.9 Å². The quantitative estimate of drug-likeness (QED) is 0.852. The van der Waals surface area contributed by atoms with E-state index >= 15 is 0 Å². The van der Waals surface area contributed by atoms with Crippen molar-refractivity contribution in [3.63, 3.8) is 0 Å². The van der Waals surface area contributed by atoms with Crippen molar-refractivity contribution in [2.75, 3.05) is 0 Å². The summed E-state index contributed by atoms with van der Waals surface area (Å²) in [6, 6.07) is 2.71. The predicted molar refractivity (Wildman–Crippen MR) is 53.7 cm³/mol. The first-order valence-corrected chi connectivity index (χ1v) is 5.25. The minimum Gasteiger partial charge on any atom is -0.478 e. The van der Waals surface area contributed by atoms with E-state index in [1.807, 2.05) is 0 Å². The van der Waals surface area contributed by atoms with Crippen molar-refractivity contribution in [3.8, 4) is 0 Å². The maximum Gasteiger partial charge on any atom is 0.338 e. The molecule has 0 aromatic heterocycles. The minimum atomic E-state index is -1.25. The molecule has 0 spiro atoms. The van der Waals surface area contributed by atoms with Crippen LogP contribution in [0.15, 0.2) is 16.6 Å². The fourth-order valence-corrected chi connectivity index (χ4v) is 1.89. The van der Waals surface area contributed by atoms with Crippen LogP contribution < -0.4 is 0 Å². The molecule has 1 rings (SSSR count). The second-order valence-corrected chi connectivity index (χ2v) is 3.84. The first-order valence-electron chi connectivity index (χ1n) is 3.33. The van der Waals surface area contributed by atoms with Gasteiger partial charge in [-0.05, 0) is 17.7 Å². The summed E-state index contributed by atoms with van der Waals surface area (Å²) in [6.07, 6.45) is 0. The van der Waals surface area contributed by atoms with Gasteiger partial charge in [0.15, 0.2) is 0 Å². The van der Waals surface area contributed by atoms with Crippen LogP contribution >= 0.6 is 31.9 Å². The number of aromatic carboxylic acids is 1. The number of benzene rings is 1. The van der Waals surface area contributed by atoms with Crippen LogP contribution in [0.5, 0.6) is 0 Å². The molecular formula is C8H5Br2FO2. The number of hydrogen-bond acceptors (Lipinski definition) is 1. The van der Waals surface area contributed by atoms with Gasteiger partial charge in [0.25, 0.3) is 0 Å². The van der Waals surface area contributed by atoms with Crippen molar-refractivity contribution in [2.24, 2.45) is 0 Å². The topological polar surface area (TPSA) is 37.3 Å². The van der Waals surface area contributed by atoms with Crippen LogP contribution in [0.2, 0.25) is 0 Å². The fraction of sp³-hybridized carbons (Fsp3) is 0.125. The van der Waals surface area contributed by atoms with Gasteiger partial charge in [0, 0.05) is 9.80 Å². The summed E-state index contributed by atoms with van der Waals surface area (Å²) in [5.74, 6) is -1.98. The molecule has 1 aromatic carbocycles. The summed E-state index contributed by atoms with van der Waals surface area (Å²) in [7, 11) is 0. The molecule has 0 saturated heterocycles. The van der Waals surface area contributed by atoms with Crippen LogP contribution in [0, 0.1) is 5.82 Å². The standard InChI is InChI=1S/C8H5Br2FO2/c9-3-4-1-5(10)2-6(11)7(4)8(12)13/h1-2H,3H2,(H,12,13). The van der Waals surface area contributed by atoms with Crippen molar-refractivity contribution < 1.29 is 14.3 Å². The highest BCUT2D eigenvalue weighted by atomic mass is 79.9. The third-order valence-electron chi connectivity index (χ3n) is 1.49. The highest BCUT2D eigenvalue weighted by molar-refractivity contribution is 9.10. The van der Waals surface area contributed by atoms with Gasteiger partial charge in [-0.2, -0.15) is 0 Å². The lowest BCUT2D eigenvalue weighted by atomic mass is 10.1. The second kappa shape index (κ2) is 4.19. The number of carboxylic acid groups (broad SMARTS) is 1. The normalized spacial score (nSPS) is 10.1. The first kappa shape index (κ1) is 10.7. The van der Waals surface area contributed by atoms with Crippen molar-refractivity contribution in [1.29, 1.82) is 0 Å². The molecule has 0 bridgehead atoms. The molecule has 0 heterocycles. The number of rotatable bonds is 2. The first-order chi connectivity index (χ1) is 6.06. The van der Waals surface area contributed by atoms with Gasteiger partial charge in [-0.25, -0.2) is 9.18 Å². The highest BCUT2D eigenvalue weighted by Gasteiger charge is 2.15. The Labute approximate surface area is 91.0 Å². The van der Waals surface area contributed by atoms with Gasteiger partial charge in [-0.1, -0.05) is 31.9 Å². The smallest absolute Gasteiger partial charge is 0.338 e. The average molecular weight is 312 g/mol. The molecule has 0 saturated carbocycles. The maximum absolute atomic E-state index is 13.1. The third-order valence-corrected chi connectivity index (χ3v) is 2.56. The Morgan fingerprint density at radius 3 is 2.62 bits per heavy atom. The molecule has 0 unspecified atom stereocenters. The van der Waals surface area contributed by atoms with Crippen molar-refractivity contribution in [3.05, 3.63) is 33.5 Å². The maximum atomic E-state index is 13.1. The van der Waals surface area contributed by atoms with E-state index in [1.54, 1.807) is 6.07 Å². The Hall–Kier alpha value is -0.420. The molecule has 0 radical (unpaired) electrons. The molecule has 0 amide bonds. The second-order valence-electron chi connectivity index (χ2n) is 2.36. The van der Waals surface area contributed by atoms with E-state index in [4.69, 9.17) is 5.11 Å². The SMILES string of the molecule is O=C(O)c1c(F)cc(Br)cc1CBr. The van der Waals surface area contributed by atoms with Crippen LogP contribution in [0.25, 0.3) is 0 Å². The van der Waals surface area contributed by atoms with Crippen LogP contribution in [-0.4, -0.2) is 11.1 Å². The molecule has 1 N–H and O–H groups in total. The molecule has 2 nitrogen and oxygen atoms in total. The monoisotopic (exact) mass is 310 g/mol. The summed E-state index contributed by atoms with van der Waals surface area (Å²) < 4.78 is 13.6. The van der Waals surface area contributed by atoms with Crippen LogP contribution in [0.4, 0.5) is 4.39 Å². The van der Waals surface area contributed by atoms with E-state index < -0.39 is 11.8 Å². The van der Waals surface area contributed by atoms with Gasteiger partial charge in [-0.3, -0.25) is 0 Å². The molecule has 0 aliphatic rings. The van der Waals surface area contributed by atoms with E-state index in [1.165, 1.54) is 0 Å². The number of halogens is 3. The summed E-state index contributed by atoms with van der Waals surface area (Å²) in [6.45, 7) is 0. The number of alkyl halides is 1. The van der Waals surface area contributed by atoms with Gasteiger partial charge in [0.05, 0.1) is 5.56 Å². The van der Waals surface area contributed by atoms with E-state index in [9.17, 15) is 9.18 Å². The van der Waals surface area contributed by atoms with Crippen LogP contribution in [-0.2, 0) is 5.33 Å². The lowest BCUT2D eigenvalue weighted by Gasteiger charge is -2.04. The van der Waals surface area contributed by atoms with E-state index in [0.29, 0.717) is 15.4 Å². The molecular weight excluding hydrogens is 307 g/mol. The summed E-state index contributed by atoms with van der Waals surface area (Å²) in [4.78, 5) is 10.6. The number of carbonyl (C=O) groups is 1. The third kappa shape index (κ3) is 2.28. The summed E-state index contributed by atoms with van der Waals surface area (Å²) >= 11 is 6.18. The van der Waals surface area contributed by atoms with Gasteiger partial charge in [0.1, 0.15) is 5.82 Å². The summed E-state index contributed by atoms with van der Waals surface area (Å²) in [5.41, 5.74) is 0.138. The molecule has 0 atom stereocenters. The Morgan fingerprint density at radius 2 is 2.15 bits per heavy atom. The van der Waals surface area contributed by atoms with E-state index in [2.05, 4.69) is 31.9 Å². The molecule has 0 fully saturated rings. The predicted octanol–water partition coefficient (Wildman–Crippen LogP) is 3.18. The minimum absolute atomic E-state index is 0.278. The Bertz CT molecular complexity index is 352. The van der Waals surface area contributed by atoms with Crippen molar-refractivity contribution >= 4 is 37.8 Å². The zero-order valence-corrected chi connectivity index (χ0v) is 9.52. The van der Waals surface area contributed by atoms with Crippen molar-refractivity contribution in [1.82, 2.24) is 0 Å². The molecule has 5 heteroatoms. The molecule has 13 heavy (non-hydrogen) atoms. The Balaban J connectivity index is 3.38. The number of hydrogen-bond donors (Lipinski definition) is 1. The summed E-state index contributed by atoms with van der Waals surface area (Å²) in [5, 5.41) is 9.00. The zero-order valence-electron chi connectivity index (χ0n) is 6.35. The zero-order chi connectivity index (χ0) is 10.0. The Morgan fingerprint density at radius 1 is 1.54 bits per heavy atom. The van der Waals surface area contributed by atoms with Gasteiger partial charge >= 0.3 is 5.97 Å². The van der Waals surface area contributed by atoms with Gasteiger partial charge < -0.3 is 5.11 Å². The van der Waals surface area contributed by atoms with Gasteiger partial charge in [-0.15, -0.1) is 0 Å². The van der Waals surface area contributed by atoms with E-state index in [-0.39, 0.29) is 5.56 Å². The largest absolute Gasteiger partial charge is 0.478 e. The van der Waals surface area contributed by atoms with E-state index in [0.717, 1.165) is 6.07 Å². The molecule has 0 aliphatic heterocycles. The average Bonchev–Trinajstić information content (AvgIpc) is 2.01. The van der Waals surface area contributed by atoms with Gasteiger partial charge in [0.2, 0.25) is 0 Å². The lowest BCUT2D eigenvalue weighted by molar-refractivity contribution is 0.0691. The number of carboxylic acids is 1.